The van der Waals surface area contributed by atoms with Crippen LogP contribution in [0.1, 0.15) is 33.6 Å². The van der Waals surface area contributed by atoms with Gasteiger partial charge in [-0.1, -0.05) is 13.3 Å². The molecule has 0 fully saturated rings. The van der Waals surface area contributed by atoms with Crippen LogP contribution in [0.3, 0.4) is 0 Å². The molecule has 0 saturated carbocycles. The average molecular weight is 201 g/mol. The van der Waals surface area contributed by atoms with Gasteiger partial charge in [-0.2, -0.15) is 0 Å². The highest BCUT2D eigenvalue weighted by atomic mass is 16.2. The van der Waals surface area contributed by atoms with Crippen LogP contribution in [0.15, 0.2) is 0 Å². The Balaban J connectivity index is 3.99. The number of likely N-dealkylation sites (N-methyl/N-ethyl adjacent to an activating group) is 1. The van der Waals surface area contributed by atoms with E-state index in [9.17, 15) is 4.79 Å². The molecule has 14 heavy (non-hydrogen) atoms. The maximum atomic E-state index is 11.6. The van der Waals surface area contributed by atoms with E-state index in [1.165, 1.54) is 0 Å². The number of nitrogens with zero attached hydrogens (tertiary/aromatic N) is 1. The van der Waals surface area contributed by atoms with Crippen LogP contribution < -0.4 is 11.1 Å². The Morgan fingerprint density at radius 3 is 2.50 bits per heavy atom. The van der Waals surface area contributed by atoms with E-state index in [1.54, 1.807) is 11.9 Å². The Hall–Kier alpha value is -0.770. The maximum Gasteiger partial charge on any atom is 0.317 e. The molecule has 0 saturated heterocycles. The molecule has 0 spiro atoms. The number of unbranched alkanes of at least 4 members (excludes halogenated alkanes) is 1. The van der Waals surface area contributed by atoms with Crippen LogP contribution in [-0.2, 0) is 0 Å². The first-order valence-electron chi connectivity index (χ1n) is 5.17. The first kappa shape index (κ1) is 13.2. The second-order valence-corrected chi connectivity index (χ2v) is 4.16. The van der Waals surface area contributed by atoms with Gasteiger partial charge < -0.3 is 16.0 Å². The summed E-state index contributed by atoms with van der Waals surface area (Å²) in [6, 6.07) is -0.0473. The number of rotatable bonds is 5. The molecule has 0 radical (unpaired) electrons. The van der Waals surface area contributed by atoms with Gasteiger partial charge in [-0.15, -0.1) is 0 Å². The van der Waals surface area contributed by atoms with Crippen LogP contribution >= 0.6 is 0 Å². The molecule has 4 heteroatoms. The topological polar surface area (TPSA) is 58.4 Å². The summed E-state index contributed by atoms with van der Waals surface area (Å²) in [5.74, 6) is 0. The number of carbonyl (C=O) groups excluding carboxylic acids is 1. The van der Waals surface area contributed by atoms with Gasteiger partial charge in [-0.3, -0.25) is 0 Å². The minimum Gasteiger partial charge on any atom is -0.338 e. The third-order valence-electron chi connectivity index (χ3n) is 2.52. The summed E-state index contributed by atoms with van der Waals surface area (Å²) in [6.45, 7) is 7.20. The lowest BCUT2D eigenvalue weighted by Crippen LogP contribution is -2.53. The van der Waals surface area contributed by atoms with Crippen LogP contribution in [0.2, 0.25) is 0 Å². The van der Waals surface area contributed by atoms with Crippen molar-refractivity contribution < 1.29 is 4.79 Å². The van der Waals surface area contributed by atoms with Crippen molar-refractivity contribution >= 4 is 6.03 Å². The summed E-state index contributed by atoms with van der Waals surface area (Å²) < 4.78 is 0. The van der Waals surface area contributed by atoms with Crippen LogP contribution in [0.4, 0.5) is 4.79 Å². The van der Waals surface area contributed by atoms with Crippen LogP contribution in [-0.4, -0.2) is 36.6 Å². The van der Waals surface area contributed by atoms with Crippen molar-refractivity contribution in [1.82, 2.24) is 10.2 Å². The van der Waals surface area contributed by atoms with Crippen molar-refractivity contribution in [2.75, 3.05) is 20.1 Å². The molecule has 0 aliphatic rings. The number of hydrogen-bond acceptors (Lipinski definition) is 2. The van der Waals surface area contributed by atoms with E-state index in [2.05, 4.69) is 12.2 Å². The minimum absolute atomic E-state index is 0.0473. The zero-order chi connectivity index (χ0) is 11.2. The molecule has 4 nitrogen and oxygen atoms in total. The van der Waals surface area contributed by atoms with Gasteiger partial charge in [0.25, 0.3) is 0 Å². The molecule has 0 bridgehead atoms. The summed E-state index contributed by atoms with van der Waals surface area (Å²) in [5.41, 5.74) is 5.30. The van der Waals surface area contributed by atoms with E-state index >= 15 is 0 Å². The molecule has 2 amide bonds. The molecule has 0 aromatic rings. The predicted octanol–water partition coefficient (Wildman–Crippen LogP) is 1.17. The number of urea groups is 1. The fourth-order valence-electron chi connectivity index (χ4n) is 0.903. The van der Waals surface area contributed by atoms with E-state index in [0.717, 1.165) is 19.4 Å². The minimum atomic E-state index is -0.281. The first-order chi connectivity index (χ1) is 6.45. The van der Waals surface area contributed by atoms with Crippen molar-refractivity contribution in [3.05, 3.63) is 0 Å². The van der Waals surface area contributed by atoms with E-state index in [-0.39, 0.29) is 11.6 Å². The largest absolute Gasteiger partial charge is 0.338 e. The van der Waals surface area contributed by atoms with Gasteiger partial charge in [0.15, 0.2) is 0 Å². The van der Waals surface area contributed by atoms with Gasteiger partial charge in [0.1, 0.15) is 0 Å². The lowest BCUT2D eigenvalue weighted by molar-refractivity contribution is 0.160. The molecule has 0 atom stereocenters. The van der Waals surface area contributed by atoms with E-state index in [0.29, 0.717) is 6.54 Å². The number of nitrogens with two attached hydrogens (primary N) is 1. The summed E-state index contributed by atoms with van der Waals surface area (Å²) in [7, 11) is 1.77. The molecule has 0 rings (SSSR count). The van der Waals surface area contributed by atoms with Crippen molar-refractivity contribution in [3.8, 4) is 0 Å². The van der Waals surface area contributed by atoms with Gasteiger partial charge >= 0.3 is 6.03 Å². The molecule has 0 heterocycles. The number of nitrogens with one attached hydrogen (secondary N) is 1. The summed E-state index contributed by atoms with van der Waals surface area (Å²) in [5, 5.41) is 2.86. The zero-order valence-electron chi connectivity index (χ0n) is 9.76. The summed E-state index contributed by atoms with van der Waals surface area (Å²) >= 11 is 0. The monoisotopic (exact) mass is 201 g/mol. The van der Waals surface area contributed by atoms with Gasteiger partial charge in [-0.25, -0.2) is 4.79 Å². The fourth-order valence-corrected chi connectivity index (χ4v) is 0.903. The maximum absolute atomic E-state index is 11.6. The molecule has 3 N–H and O–H groups in total. The number of amides is 2. The van der Waals surface area contributed by atoms with E-state index in [1.807, 2.05) is 13.8 Å². The highest BCUT2D eigenvalue weighted by Crippen LogP contribution is 2.09. The first-order valence-corrected chi connectivity index (χ1v) is 5.17. The Morgan fingerprint density at radius 1 is 1.50 bits per heavy atom. The number of carbonyl (C=O) groups is 1. The smallest absolute Gasteiger partial charge is 0.317 e. The molecule has 0 aromatic carbocycles. The van der Waals surface area contributed by atoms with Gasteiger partial charge in [-0.05, 0) is 20.3 Å². The van der Waals surface area contributed by atoms with Crippen molar-refractivity contribution in [2.24, 2.45) is 5.73 Å². The third-order valence-corrected chi connectivity index (χ3v) is 2.52. The molecular weight excluding hydrogens is 178 g/mol. The van der Waals surface area contributed by atoms with Crippen molar-refractivity contribution in [2.45, 2.75) is 39.2 Å². The Labute approximate surface area is 86.8 Å². The van der Waals surface area contributed by atoms with Crippen molar-refractivity contribution in [1.29, 1.82) is 0 Å². The molecule has 0 unspecified atom stereocenters. The Kier molecular flexibility index (Phi) is 5.53. The quantitative estimate of drug-likeness (QED) is 0.656. The third kappa shape index (κ3) is 3.96. The standard InChI is InChI=1S/C10H23N3O/c1-5-6-7-12-9(14)13(4)10(2,3)8-11/h5-8,11H2,1-4H3,(H,12,14). The van der Waals surface area contributed by atoms with Gasteiger partial charge in [0, 0.05) is 20.1 Å². The lowest BCUT2D eigenvalue weighted by atomic mass is 10.1. The van der Waals surface area contributed by atoms with Crippen LogP contribution in [0.5, 0.6) is 0 Å². The summed E-state index contributed by atoms with van der Waals surface area (Å²) in [6.07, 6.45) is 2.10. The van der Waals surface area contributed by atoms with Crippen molar-refractivity contribution in [3.63, 3.8) is 0 Å². The Morgan fingerprint density at radius 2 is 2.07 bits per heavy atom. The molecular formula is C10H23N3O. The normalized spacial score (nSPS) is 11.2. The van der Waals surface area contributed by atoms with Crippen LogP contribution in [0, 0.1) is 0 Å². The van der Waals surface area contributed by atoms with Crippen LogP contribution in [0.25, 0.3) is 0 Å². The zero-order valence-corrected chi connectivity index (χ0v) is 9.76. The second kappa shape index (κ2) is 5.86. The molecule has 0 aliphatic heterocycles. The van der Waals surface area contributed by atoms with Gasteiger partial charge in [0.2, 0.25) is 0 Å². The fraction of sp³-hybridized carbons (Fsp3) is 0.900. The predicted molar refractivity (Wildman–Crippen MR) is 59.2 cm³/mol. The average Bonchev–Trinajstić information content (AvgIpc) is 2.17. The Bertz CT molecular complexity index is 180. The highest BCUT2D eigenvalue weighted by Gasteiger charge is 2.25. The molecule has 0 aliphatic carbocycles. The highest BCUT2D eigenvalue weighted by molar-refractivity contribution is 5.74. The SMILES string of the molecule is CCCCNC(=O)N(C)C(C)(C)CN. The number of hydrogen-bond donors (Lipinski definition) is 2. The molecule has 0 aromatic heterocycles. The molecule has 84 valence electrons. The second-order valence-electron chi connectivity index (χ2n) is 4.16. The van der Waals surface area contributed by atoms with Gasteiger partial charge in [0.05, 0.1) is 5.54 Å². The van der Waals surface area contributed by atoms with E-state index < -0.39 is 0 Å². The summed E-state index contributed by atoms with van der Waals surface area (Å²) in [4.78, 5) is 13.2. The lowest BCUT2D eigenvalue weighted by Gasteiger charge is -2.34. The van der Waals surface area contributed by atoms with E-state index in [4.69, 9.17) is 5.73 Å².